The first kappa shape index (κ1) is 9.84. The fourth-order valence-electron chi connectivity index (χ4n) is 1.81. The van der Waals surface area contributed by atoms with Gasteiger partial charge in [0, 0.05) is 23.1 Å². The molecular formula is C13H15NO. The molecule has 0 aliphatic heterocycles. The van der Waals surface area contributed by atoms with Crippen LogP contribution in [-0.4, -0.2) is 9.67 Å². The minimum Gasteiger partial charge on any atom is -0.508 e. The predicted octanol–water partition coefficient (Wildman–Crippen LogP) is 3.11. The minimum atomic E-state index is 0.347. The molecule has 0 atom stereocenters. The summed E-state index contributed by atoms with van der Waals surface area (Å²) in [5, 5.41) is 9.67. The van der Waals surface area contributed by atoms with Gasteiger partial charge in [0.1, 0.15) is 5.75 Å². The molecule has 0 fully saturated rings. The molecular weight excluding hydrogens is 186 g/mol. The number of aryl methyl sites for hydroxylation is 3. The largest absolute Gasteiger partial charge is 0.508 e. The standard InChI is InChI=1S/C13H15NO/c1-9-4-7-12(8-13(9)15)14-10(2)5-6-11(14)3/h4-8,15H,1-3H3. The van der Waals surface area contributed by atoms with E-state index in [0.717, 1.165) is 11.3 Å². The molecule has 0 aliphatic carbocycles. The lowest BCUT2D eigenvalue weighted by molar-refractivity contribution is 0.471. The summed E-state index contributed by atoms with van der Waals surface area (Å²) in [6.07, 6.45) is 0. The summed E-state index contributed by atoms with van der Waals surface area (Å²) in [4.78, 5) is 0. The molecule has 0 spiro atoms. The van der Waals surface area contributed by atoms with Crippen LogP contribution in [0.15, 0.2) is 30.3 Å². The molecule has 1 aromatic heterocycles. The number of hydrogen-bond donors (Lipinski definition) is 1. The van der Waals surface area contributed by atoms with Gasteiger partial charge >= 0.3 is 0 Å². The highest BCUT2D eigenvalue weighted by molar-refractivity contribution is 5.45. The summed E-state index contributed by atoms with van der Waals surface area (Å²) in [5.41, 5.74) is 4.27. The smallest absolute Gasteiger partial charge is 0.120 e. The average molecular weight is 201 g/mol. The van der Waals surface area contributed by atoms with Gasteiger partial charge < -0.3 is 9.67 Å². The van der Waals surface area contributed by atoms with Gasteiger partial charge in [-0.2, -0.15) is 0 Å². The van der Waals surface area contributed by atoms with Crippen molar-refractivity contribution in [3.8, 4) is 11.4 Å². The Bertz CT molecular complexity index is 478. The number of aromatic hydroxyl groups is 1. The first-order valence-electron chi connectivity index (χ1n) is 5.04. The zero-order valence-corrected chi connectivity index (χ0v) is 9.28. The summed E-state index contributed by atoms with van der Waals surface area (Å²) in [6.45, 7) is 6.02. The fourth-order valence-corrected chi connectivity index (χ4v) is 1.81. The van der Waals surface area contributed by atoms with E-state index in [1.807, 2.05) is 19.1 Å². The maximum atomic E-state index is 9.67. The summed E-state index contributed by atoms with van der Waals surface area (Å²) in [5.74, 6) is 0.347. The van der Waals surface area contributed by atoms with Crippen molar-refractivity contribution in [2.45, 2.75) is 20.8 Å². The van der Waals surface area contributed by atoms with Gasteiger partial charge in [-0.3, -0.25) is 0 Å². The molecule has 0 saturated carbocycles. The number of rotatable bonds is 1. The lowest BCUT2D eigenvalue weighted by atomic mass is 10.2. The molecule has 1 N–H and O–H groups in total. The molecule has 0 unspecified atom stereocenters. The lowest BCUT2D eigenvalue weighted by Gasteiger charge is -2.10. The average Bonchev–Trinajstić information content (AvgIpc) is 2.52. The quantitative estimate of drug-likeness (QED) is 0.753. The minimum absolute atomic E-state index is 0.347. The molecule has 2 rings (SSSR count). The molecule has 0 radical (unpaired) electrons. The number of benzene rings is 1. The van der Waals surface area contributed by atoms with Crippen LogP contribution >= 0.6 is 0 Å². The Morgan fingerprint density at radius 1 is 0.933 bits per heavy atom. The van der Waals surface area contributed by atoms with Crippen LogP contribution in [0.3, 0.4) is 0 Å². The second kappa shape index (κ2) is 3.46. The highest BCUT2D eigenvalue weighted by Crippen LogP contribution is 2.23. The Hall–Kier alpha value is -1.70. The van der Waals surface area contributed by atoms with E-state index in [0.29, 0.717) is 5.75 Å². The van der Waals surface area contributed by atoms with Gasteiger partial charge in [-0.05, 0) is 44.5 Å². The summed E-state index contributed by atoms with van der Waals surface area (Å²) in [7, 11) is 0. The van der Waals surface area contributed by atoms with Crippen molar-refractivity contribution in [2.75, 3.05) is 0 Å². The summed E-state index contributed by atoms with van der Waals surface area (Å²) < 4.78 is 2.12. The van der Waals surface area contributed by atoms with Crippen LogP contribution in [-0.2, 0) is 0 Å². The van der Waals surface area contributed by atoms with Crippen molar-refractivity contribution in [2.24, 2.45) is 0 Å². The van der Waals surface area contributed by atoms with Gasteiger partial charge in [-0.25, -0.2) is 0 Å². The number of aromatic nitrogens is 1. The maximum absolute atomic E-state index is 9.67. The van der Waals surface area contributed by atoms with Crippen LogP contribution in [0, 0.1) is 20.8 Å². The molecule has 1 heterocycles. The van der Waals surface area contributed by atoms with E-state index in [2.05, 4.69) is 30.5 Å². The van der Waals surface area contributed by atoms with E-state index in [9.17, 15) is 5.11 Å². The van der Waals surface area contributed by atoms with Crippen LogP contribution < -0.4 is 0 Å². The molecule has 2 heteroatoms. The third-order valence-corrected chi connectivity index (χ3v) is 2.72. The normalized spacial score (nSPS) is 10.6. The van der Waals surface area contributed by atoms with E-state index in [1.54, 1.807) is 6.07 Å². The third-order valence-electron chi connectivity index (χ3n) is 2.72. The third kappa shape index (κ3) is 1.63. The van der Waals surface area contributed by atoms with Gasteiger partial charge in [0.05, 0.1) is 0 Å². The molecule has 0 amide bonds. The Morgan fingerprint density at radius 3 is 2.07 bits per heavy atom. The van der Waals surface area contributed by atoms with Crippen molar-refractivity contribution in [3.05, 3.63) is 47.3 Å². The van der Waals surface area contributed by atoms with Gasteiger partial charge in [0.2, 0.25) is 0 Å². The van der Waals surface area contributed by atoms with Gasteiger partial charge in [-0.15, -0.1) is 0 Å². The Kier molecular flexibility index (Phi) is 2.27. The topological polar surface area (TPSA) is 25.2 Å². The first-order chi connectivity index (χ1) is 7.09. The summed E-state index contributed by atoms with van der Waals surface area (Å²) in [6, 6.07) is 9.91. The van der Waals surface area contributed by atoms with Crippen LogP contribution in [0.4, 0.5) is 0 Å². The predicted molar refractivity (Wildman–Crippen MR) is 61.6 cm³/mol. The van der Waals surface area contributed by atoms with Gasteiger partial charge in [-0.1, -0.05) is 6.07 Å². The van der Waals surface area contributed by atoms with E-state index < -0.39 is 0 Å². The zero-order chi connectivity index (χ0) is 11.0. The van der Waals surface area contributed by atoms with Crippen LogP contribution in [0.1, 0.15) is 17.0 Å². The van der Waals surface area contributed by atoms with Crippen molar-refractivity contribution in [3.63, 3.8) is 0 Å². The second-order valence-electron chi connectivity index (χ2n) is 3.92. The highest BCUT2D eigenvalue weighted by atomic mass is 16.3. The first-order valence-corrected chi connectivity index (χ1v) is 5.04. The number of phenols is 1. The number of nitrogens with zero attached hydrogens (tertiary/aromatic N) is 1. The van der Waals surface area contributed by atoms with Gasteiger partial charge in [0.15, 0.2) is 0 Å². The Labute approximate surface area is 89.8 Å². The molecule has 0 aliphatic rings. The molecule has 2 nitrogen and oxygen atoms in total. The molecule has 0 saturated heterocycles. The van der Waals surface area contributed by atoms with Crippen molar-refractivity contribution >= 4 is 0 Å². The van der Waals surface area contributed by atoms with Crippen LogP contribution in [0.2, 0.25) is 0 Å². The van der Waals surface area contributed by atoms with E-state index in [4.69, 9.17) is 0 Å². The highest BCUT2D eigenvalue weighted by Gasteiger charge is 2.05. The van der Waals surface area contributed by atoms with E-state index in [1.165, 1.54) is 11.4 Å². The van der Waals surface area contributed by atoms with Crippen molar-refractivity contribution in [1.29, 1.82) is 0 Å². The summed E-state index contributed by atoms with van der Waals surface area (Å²) >= 11 is 0. The second-order valence-corrected chi connectivity index (χ2v) is 3.92. The van der Waals surface area contributed by atoms with Crippen LogP contribution in [0.5, 0.6) is 5.75 Å². The Morgan fingerprint density at radius 2 is 1.53 bits per heavy atom. The number of hydrogen-bond acceptors (Lipinski definition) is 1. The maximum Gasteiger partial charge on any atom is 0.120 e. The monoisotopic (exact) mass is 201 g/mol. The fraction of sp³-hybridized carbons (Fsp3) is 0.231. The van der Waals surface area contributed by atoms with E-state index >= 15 is 0 Å². The Balaban J connectivity index is 2.59. The van der Waals surface area contributed by atoms with Gasteiger partial charge in [0.25, 0.3) is 0 Å². The van der Waals surface area contributed by atoms with Crippen LogP contribution in [0.25, 0.3) is 5.69 Å². The van der Waals surface area contributed by atoms with Crippen molar-refractivity contribution < 1.29 is 5.11 Å². The molecule has 15 heavy (non-hydrogen) atoms. The molecule has 2 aromatic rings. The molecule has 0 bridgehead atoms. The van der Waals surface area contributed by atoms with E-state index in [-0.39, 0.29) is 0 Å². The zero-order valence-electron chi connectivity index (χ0n) is 9.28. The molecule has 1 aromatic carbocycles. The SMILES string of the molecule is Cc1ccc(-n2c(C)ccc2C)cc1O. The molecule has 78 valence electrons. The number of phenolic OH excluding ortho intramolecular Hbond substituents is 1. The lowest BCUT2D eigenvalue weighted by Crippen LogP contribution is -1.98. The van der Waals surface area contributed by atoms with Crippen molar-refractivity contribution in [1.82, 2.24) is 4.57 Å².